The van der Waals surface area contributed by atoms with Gasteiger partial charge in [-0.05, 0) is 18.8 Å². The number of imidazole rings is 1. The van der Waals surface area contributed by atoms with E-state index in [1.54, 1.807) is 0 Å². The van der Waals surface area contributed by atoms with E-state index in [2.05, 4.69) is 20.3 Å². The van der Waals surface area contributed by atoms with Crippen LogP contribution in [-0.4, -0.2) is 60.5 Å². The van der Waals surface area contributed by atoms with Crippen LogP contribution in [0.25, 0.3) is 11.2 Å². The van der Waals surface area contributed by atoms with Gasteiger partial charge in [0.25, 0.3) is 5.92 Å². The third-order valence-electron chi connectivity index (χ3n) is 4.63. The molecule has 10 heteroatoms. The third-order valence-corrected chi connectivity index (χ3v) is 4.63. The van der Waals surface area contributed by atoms with Gasteiger partial charge in [-0.15, -0.1) is 0 Å². The monoisotopic (exact) mass is 355 g/mol. The van der Waals surface area contributed by atoms with Crippen LogP contribution in [0.15, 0.2) is 12.7 Å². The summed E-state index contributed by atoms with van der Waals surface area (Å²) in [6.45, 7) is 1.43. The molecule has 4 rings (SSSR count). The average molecular weight is 355 g/mol. The second-order valence-corrected chi connectivity index (χ2v) is 6.76. The molecule has 1 saturated carbocycles. The molecular weight excluding hydrogens is 336 g/mol. The van der Waals surface area contributed by atoms with Crippen LogP contribution in [0.2, 0.25) is 0 Å². The molecule has 2 fully saturated rings. The zero-order valence-corrected chi connectivity index (χ0v) is 13.5. The smallest absolute Gasteiger partial charge is 0.273 e. The molecule has 25 heavy (non-hydrogen) atoms. The van der Waals surface area contributed by atoms with Gasteiger partial charge in [-0.25, -0.2) is 23.7 Å². The minimum atomic E-state index is -3.29. The number of hydrogen-bond acceptors (Lipinski definition) is 7. The molecule has 4 atom stereocenters. The highest BCUT2D eigenvalue weighted by atomic mass is 19.3. The van der Waals surface area contributed by atoms with E-state index in [0.717, 1.165) is 6.54 Å². The molecule has 1 saturated heterocycles. The van der Waals surface area contributed by atoms with Gasteiger partial charge in [0.05, 0.1) is 6.33 Å². The molecule has 0 spiro atoms. The first kappa shape index (κ1) is 16.6. The molecule has 2 aromatic heterocycles. The SMILES string of the molecule is CC(F)(F)[C@H]1O[C@@H](n2cnc3c(NCC4CC4)ncnc32)[C@H](O)[C@@H]1O. The second-order valence-electron chi connectivity index (χ2n) is 6.76. The number of fused-ring (bicyclic) bond motifs is 1. The van der Waals surface area contributed by atoms with E-state index in [9.17, 15) is 19.0 Å². The normalized spacial score (nSPS) is 30.1. The fraction of sp³-hybridized carbons (Fsp3) is 0.667. The first-order chi connectivity index (χ1) is 11.9. The number of aliphatic hydroxyl groups excluding tert-OH is 2. The lowest BCUT2D eigenvalue weighted by Gasteiger charge is -2.21. The quantitative estimate of drug-likeness (QED) is 0.732. The summed E-state index contributed by atoms with van der Waals surface area (Å²) in [5, 5.41) is 23.3. The number of nitrogens with zero attached hydrogens (tertiary/aromatic N) is 4. The van der Waals surface area contributed by atoms with Crippen LogP contribution in [0, 0.1) is 5.92 Å². The van der Waals surface area contributed by atoms with E-state index in [0.29, 0.717) is 29.8 Å². The van der Waals surface area contributed by atoms with Gasteiger partial charge >= 0.3 is 0 Å². The minimum Gasteiger partial charge on any atom is -0.387 e. The van der Waals surface area contributed by atoms with E-state index in [1.165, 1.54) is 30.1 Å². The van der Waals surface area contributed by atoms with Crippen molar-refractivity contribution in [3.63, 3.8) is 0 Å². The second kappa shape index (κ2) is 5.82. The topological polar surface area (TPSA) is 105 Å². The number of anilines is 1. The Morgan fingerprint density at radius 3 is 2.68 bits per heavy atom. The van der Waals surface area contributed by atoms with Crippen molar-refractivity contribution >= 4 is 17.0 Å². The van der Waals surface area contributed by atoms with Crippen molar-refractivity contribution in [1.82, 2.24) is 19.5 Å². The lowest BCUT2D eigenvalue weighted by molar-refractivity contribution is -0.153. The Morgan fingerprint density at radius 1 is 1.28 bits per heavy atom. The van der Waals surface area contributed by atoms with Crippen LogP contribution in [0.1, 0.15) is 26.0 Å². The Hall–Kier alpha value is -1.91. The van der Waals surface area contributed by atoms with Crippen molar-refractivity contribution < 1.29 is 23.7 Å². The van der Waals surface area contributed by atoms with Crippen LogP contribution in [0.3, 0.4) is 0 Å². The summed E-state index contributed by atoms with van der Waals surface area (Å²) in [6, 6.07) is 0. The number of aliphatic hydroxyl groups is 2. The molecule has 3 N–H and O–H groups in total. The van der Waals surface area contributed by atoms with E-state index >= 15 is 0 Å². The Kier molecular flexibility index (Phi) is 3.85. The molecule has 3 heterocycles. The third kappa shape index (κ3) is 2.94. The number of aromatic nitrogens is 4. The van der Waals surface area contributed by atoms with Crippen LogP contribution in [0.5, 0.6) is 0 Å². The summed E-state index contributed by atoms with van der Waals surface area (Å²) in [5.41, 5.74) is 0.796. The predicted molar refractivity (Wildman–Crippen MR) is 83.1 cm³/mol. The van der Waals surface area contributed by atoms with Gasteiger partial charge in [-0.3, -0.25) is 4.57 Å². The Labute approximate surface area is 141 Å². The average Bonchev–Trinajstić information content (AvgIpc) is 3.21. The Morgan fingerprint density at radius 2 is 2.04 bits per heavy atom. The minimum absolute atomic E-state index is 0.338. The van der Waals surface area contributed by atoms with Gasteiger partial charge in [-0.2, -0.15) is 0 Å². The van der Waals surface area contributed by atoms with Crippen molar-refractivity contribution in [2.24, 2.45) is 5.92 Å². The van der Waals surface area contributed by atoms with Gasteiger partial charge in [-0.1, -0.05) is 0 Å². The number of hydrogen-bond donors (Lipinski definition) is 3. The predicted octanol–water partition coefficient (Wildman–Crippen LogP) is 0.923. The highest BCUT2D eigenvalue weighted by Gasteiger charge is 2.53. The molecule has 0 bridgehead atoms. The number of halogens is 2. The van der Waals surface area contributed by atoms with Gasteiger partial charge < -0.3 is 20.3 Å². The summed E-state index contributed by atoms with van der Waals surface area (Å²) in [4.78, 5) is 12.5. The number of ether oxygens (including phenoxy) is 1. The molecule has 2 aromatic rings. The van der Waals surface area contributed by atoms with E-state index in [1.807, 2.05) is 0 Å². The van der Waals surface area contributed by atoms with Crippen molar-refractivity contribution in [2.45, 2.75) is 50.2 Å². The fourth-order valence-corrected chi connectivity index (χ4v) is 3.04. The van der Waals surface area contributed by atoms with Crippen molar-refractivity contribution in [1.29, 1.82) is 0 Å². The Balaban J connectivity index is 1.64. The highest BCUT2D eigenvalue weighted by Crippen LogP contribution is 2.38. The number of nitrogens with one attached hydrogen (secondary N) is 1. The van der Waals surface area contributed by atoms with Crippen molar-refractivity contribution in [2.75, 3.05) is 11.9 Å². The van der Waals surface area contributed by atoms with Crippen molar-refractivity contribution in [3.8, 4) is 0 Å². The fourth-order valence-electron chi connectivity index (χ4n) is 3.04. The molecule has 1 aliphatic carbocycles. The van der Waals surface area contributed by atoms with E-state index in [-0.39, 0.29) is 0 Å². The molecule has 1 aliphatic heterocycles. The molecule has 0 aromatic carbocycles. The maximum Gasteiger partial charge on any atom is 0.273 e. The molecular formula is C15H19F2N5O3. The van der Waals surface area contributed by atoms with Crippen LogP contribution in [0.4, 0.5) is 14.6 Å². The molecule has 2 aliphatic rings. The zero-order chi connectivity index (χ0) is 17.8. The van der Waals surface area contributed by atoms with Crippen LogP contribution in [-0.2, 0) is 4.74 Å². The lowest BCUT2D eigenvalue weighted by atomic mass is 10.1. The lowest BCUT2D eigenvalue weighted by Crippen LogP contribution is -2.41. The van der Waals surface area contributed by atoms with E-state index < -0.39 is 30.5 Å². The summed E-state index contributed by atoms with van der Waals surface area (Å²) in [6.07, 6.45) is -1.20. The molecule has 0 unspecified atom stereocenters. The first-order valence-electron chi connectivity index (χ1n) is 8.17. The van der Waals surface area contributed by atoms with Crippen LogP contribution >= 0.6 is 0 Å². The van der Waals surface area contributed by atoms with Gasteiger partial charge in [0.1, 0.15) is 18.5 Å². The van der Waals surface area contributed by atoms with E-state index in [4.69, 9.17) is 4.74 Å². The standard InChI is InChI=1S/C15H19F2N5O3/c1-15(16,17)11-9(23)10(24)14(25-11)22-6-21-8-12(18-4-7-2-3-7)19-5-20-13(8)22/h5-7,9-11,14,23-24H,2-4H2,1H3,(H,18,19,20)/t9-,10+,11-,14+/m0/s1. The maximum atomic E-state index is 13.6. The Bertz CT molecular complexity index is 776. The highest BCUT2D eigenvalue weighted by molar-refractivity contribution is 5.82. The number of rotatable bonds is 5. The van der Waals surface area contributed by atoms with Gasteiger partial charge in [0.15, 0.2) is 29.3 Å². The first-order valence-corrected chi connectivity index (χ1v) is 8.17. The van der Waals surface area contributed by atoms with Gasteiger partial charge in [0.2, 0.25) is 0 Å². The number of alkyl halides is 2. The maximum absolute atomic E-state index is 13.6. The zero-order valence-electron chi connectivity index (χ0n) is 13.5. The summed E-state index contributed by atoms with van der Waals surface area (Å²) in [7, 11) is 0. The van der Waals surface area contributed by atoms with Gasteiger partial charge in [0, 0.05) is 13.5 Å². The molecule has 0 radical (unpaired) electrons. The molecule has 8 nitrogen and oxygen atoms in total. The summed E-state index contributed by atoms with van der Waals surface area (Å²) < 4.78 is 33.7. The van der Waals surface area contributed by atoms with Crippen LogP contribution < -0.4 is 5.32 Å². The summed E-state index contributed by atoms with van der Waals surface area (Å²) in [5.74, 6) is -2.12. The summed E-state index contributed by atoms with van der Waals surface area (Å²) >= 11 is 0. The largest absolute Gasteiger partial charge is 0.387 e. The molecule has 0 amide bonds. The van der Waals surface area contributed by atoms with Crippen molar-refractivity contribution in [3.05, 3.63) is 12.7 Å². The molecule has 136 valence electrons.